The zero-order valence-corrected chi connectivity index (χ0v) is 12.1. The molecule has 0 amide bonds. The number of nitrogens with one attached hydrogen (secondary N) is 1. The predicted octanol–water partition coefficient (Wildman–Crippen LogP) is 3.64. The van der Waals surface area contributed by atoms with Gasteiger partial charge in [-0.2, -0.15) is 18.4 Å². The van der Waals surface area contributed by atoms with E-state index >= 15 is 0 Å². The van der Waals surface area contributed by atoms with Crippen LogP contribution in [0.2, 0.25) is 0 Å². The van der Waals surface area contributed by atoms with Crippen LogP contribution in [0.15, 0.2) is 42.6 Å². The largest absolute Gasteiger partial charge is 0.411 e. The standard InChI is InChI=1S/C16H14F3N3O/c17-16(18,19)11-23-10-13-3-1-12(2-4-13)8-21-15-6-5-14(7-20)9-22-15/h1-6,9H,8,10-11H2,(H,21,22). The Morgan fingerprint density at radius 3 is 2.35 bits per heavy atom. The molecule has 0 spiro atoms. The van der Waals surface area contributed by atoms with Crippen molar-refractivity contribution in [2.75, 3.05) is 11.9 Å². The molecule has 0 fully saturated rings. The van der Waals surface area contributed by atoms with Crippen LogP contribution in [0.3, 0.4) is 0 Å². The molecule has 1 aromatic carbocycles. The Hall–Kier alpha value is -2.59. The van der Waals surface area contributed by atoms with Crippen molar-refractivity contribution < 1.29 is 17.9 Å². The van der Waals surface area contributed by atoms with E-state index in [0.29, 0.717) is 23.5 Å². The zero-order chi connectivity index (χ0) is 16.7. The summed E-state index contributed by atoms with van der Waals surface area (Å²) in [5, 5.41) is 11.8. The number of alkyl halides is 3. The van der Waals surface area contributed by atoms with Crippen molar-refractivity contribution in [3.63, 3.8) is 0 Å². The van der Waals surface area contributed by atoms with Gasteiger partial charge in [0.25, 0.3) is 0 Å². The maximum atomic E-state index is 12.0. The van der Waals surface area contributed by atoms with Crippen molar-refractivity contribution in [3.05, 3.63) is 59.3 Å². The van der Waals surface area contributed by atoms with Crippen LogP contribution < -0.4 is 5.32 Å². The number of ether oxygens (including phenoxy) is 1. The molecule has 2 rings (SSSR count). The molecule has 0 bridgehead atoms. The fourth-order valence-electron chi connectivity index (χ4n) is 1.80. The van der Waals surface area contributed by atoms with Crippen LogP contribution in [-0.4, -0.2) is 17.8 Å². The third kappa shape index (κ3) is 5.96. The number of benzene rings is 1. The van der Waals surface area contributed by atoms with Gasteiger partial charge in [0.1, 0.15) is 18.5 Å². The second-order valence-electron chi connectivity index (χ2n) is 4.82. The minimum Gasteiger partial charge on any atom is -0.367 e. The van der Waals surface area contributed by atoms with Crippen LogP contribution in [0.25, 0.3) is 0 Å². The predicted molar refractivity (Wildman–Crippen MR) is 78.4 cm³/mol. The zero-order valence-electron chi connectivity index (χ0n) is 12.1. The molecular weight excluding hydrogens is 307 g/mol. The molecule has 23 heavy (non-hydrogen) atoms. The van der Waals surface area contributed by atoms with E-state index in [1.807, 2.05) is 18.2 Å². The van der Waals surface area contributed by atoms with Crippen molar-refractivity contribution in [2.45, 2.75) is 19.3 Å². The van der Waals surface area contributed by atoms with Crippen LogP contribution >= 0.6 is 0 Å². The van der Waals surface area contributed by atoms with Crippen molar-refractivity contribution in [3.8, 4) is 6.07 Å². The van der Waals surface area contributed by atoms with Crippen LogP contribution in [0, 0.1) is 11.3 Å². The van der Waals surface area contributed by atoms with Gasteiger partial charge in [0.2, 0.25) is 0 Å². The van der Waals surface area contributed by atoms with Gasteiger partial charge in [-0.1, -0.05) is 24.3 Å². The first-order chi connectivity index (χ1) is 11.0. The SMILES string of the molecule is N#Cc1ccc(NCc2ccc(COCC(F)(F)F)cc2)nc1. The average molecular weight is 321 g/mol. The summed E-state index contributed by atoms with van der Waals surface area (Å²) >= 11 is 0. The highest BCUT2D eigenvalue weighted by Crippen LogP contribution is 2.16. The van der Waals surface area contributed by atoms with Gasteiger partial charge in [0, 0.05) is 12.7 Å². The Kier molecular flexibility index (Phi) is 5.55. The molecule has 0 unspecified atom stereocenters. The maximum absolute atomic E-state index is 12.0. The summed E-state index contributed by atoms with van der Waals surface area (Å²) in [4.78, 5) is 4.09. The third-order valence-electron chi connectivity index (χ3n) is 2.92. The highest BCUT2D eigenvalue weighted by Gasteiger charge is 2.27. The first-order valence-corrected chi connectivity index (χ1v) is 6.78. The molecule has 0 aliphatic heterocycles. The van der Waals surface area contributed by atoms with Gasteiger partial charge in [-0.25, -0.2) is 4.98 Å². The summed E-state index contributed by atoms with van der Waals surface area (Å²) in [6.45, 7) is -0.812. The summed E-state index contributed by atoms with van der Waals surface area (Å²) in [6, 6.07) is 12.4. The normalized spacial score (nSPS) is 11.0. The van der Waals surface area contributed by atoms with Crippen molar-refractivity contribution in [2.24, 2.45) is 0 Å². The molecule has 0 atom stereocenters. The molecule has 1 heterocycles. The van der Waals surface area contributed by atoms with Crippen LogP contribution in [-0.2, 0) is 17.9 Å². The smallest absolute Gasteiger partial charge is 0.367 e. The minimum atomic E-state index is -4.31. The molecule has 1 aromatic heterocycles. The fourth-order valence-corrected chi connectivity index (χ4v) is 1.80. The summed E-state index contributed by atoms with van der Waals surface area (Å²) in [7, 11) is 0. The van der Waals surface area contributed by atoms with Gasteiger partial charge in [-0.15, -0.1) is 0 Å². The lowest BCUT2D eigenvalue weighted by Gasteiger charge is -2.09. The summed E-state index contributed by atoms with van der Waals surface area (Å²) < 4.78 is 40.5. The summed E-state index contributed by atoms with van der Waals surface area (Å²) in [5.41, 5.74) is 2.11. The van der Waals surface area contributed by atoms with Crippen molar-refractivity contribution in [1.29, 1.82) is 5.26 Å². The minimum absolute atomic E-state index is 0.0790. The molecule has 2 aromatic rings. The highest BCUT2D eigenvalue weighted by atomic mass is 19.4. The molecule has 0 aliphatic carbocycles. The Bertz CT molecular complexity index is 661. The number of hydrogen-bond acceptors (Lipinski definition) is 4. The maximum Gasteiger partial charge on any atom is 0.411 e. The molecule has 0 saturated carbocycles. The molecular formula is C16H14F3N3O. The summed E-state index contributed by atoms with van der Waals surface area (Å²) in [5.74, 6) is 0.640. The number of aromatic nitrogens is 1. The van der Waals surface area contributed by atoms with Gasteiger partial charge < -0.3 is 10.1 Å². The van der Waals surface area contributed by atoms with E-state index in [2.05, 4.69) is 15.0 Å². The van der Waals surface area contributed by atoms with E-state index in [9.17, 15) is 13.2 Å². The Balaban J connectivity index is 1.81. The third-order valence-corrected chi connectivity index (χ3v) is 2.92. The van der Waals surface area contributed by atoms with Gasteiger partial charge >= 0.3 is 6.18 Å². The van der Waals surface area contributed by atoms with Crippen molar-refractivity contribution >= 4 is 5.82 Å². The van der Waals surface area contributed by atoms with E-state index in [-0.39, 0.29) is 6.61 Å². The number of hydrogen-bond donors (Lipinski definition) is 1. The Morgan fingerprint density at radius 1 is 1.09 bits per heavy atom. The number of nitriles is 1. The molecule has 0 aliphatic rings. The molecule has 4 nitrogen and oxygen atoms in total. The molecule has 7 heteroatoms. The monoisotopic (exact) mass is 321 g/mol. The summed E-state index contributed by atoms with van der Waals surface area (Å²) in [6.07, 6.45) is -2.83. The lowest BCUT2D eigenvalue weighted by Crippen LogP contribution is -2.16. The second kappa shape index (κ2) is 7.61. The second-order valence-corrected chi connectivity index (χ2v) is 4.82. The number of anilines is 1. The molecule has 0 saturated heterocycles. The van der Waals surface area contributed by atoms with Crippen LogP contribution in [0.1, 0.15) is 16.7 Å². The van der Waals surface area contributed by atoms with Gasteiger partial charge in [-0.3, -0.25) is 0 Å². The van der Waals surface area contributed by atoms with Crippen molar-refractivity contribution in [1.82, 2.24) is 4.98 Å². The first-order valence-electron chi connectivity index (χ1n) is 6.78. The quantitative estimate of drug-likeness (QED) is 0.882. The van der Waals surface area contributed by atoms with Gasteiger partial charge in [-0.05, 0) is 23.3 Å². The van der Waals surface area contributed by atoms with E-state index in [4.69, 9.17) is 5.26 Å². The molecule has 0 radical (unpaired) electrons. The lowest BCUT2D eigenvalue weighted by molar-refractivity contribution is -0.176. The van der Waals surface area contributed by atoms with Gasteiger partial charge in [0.15, 0.2) is 0 Å². The van der Waals surface area contributed by atoms with E-state index < -0.39 is 12.8 Å². The average Bonchev–Trinajstić information content (AvgIpc) is 2.53. The van der Waals surface area contributed by atoms with E-state index in [1.54, 1.807) is 24.3 Å². The number of rotatable bonds is 6. The Labute approximate surface area is 131 Å². The Morgan fingerprint density at radius 2 is 1.78 bits per heavy atom. The van der Waals surface area contributed by atoms with Gasteiger partial charge in [0.05, 0.1) is 12.2 Å². The van der Waals surface area contributed by atoms with Crippen LogP contribution in [0.5, 0.6) is 0 Å². The van der Waals surface area contributed by atoms with Crippen LogP contribution in [0.4, 0.5) is 19.0 Å². The lowest BCUT2D eigenvalue weighted by atomic mass is 10.1. The molecule has 1 N–H and O–H groups in total. The molecule has 120 valence electrons. The first kappa shape index (κ1) is 16.8. The van der Waals surface area contributed by atoms with E-state index in [1.165, 1.54) is 6.20 Å². The fraction of sp³-hybridized carbons (Fsp3) is 0.250. The highest BCUT2D eigenvalue weighted by molar-refractivity contribution is 5.39. The number of nitrogens with zero attached hydrogens (tertiary/aromatic N) is 2. The number of pyridine rings is 1. The van der Waals surface area contributed by atoms with E-state index in [0.717, 1.165) is 5.56 Å². The number of halogens is 3. The topological polar surface area (TPSA) is 57.9 Å².